The van der Waals surface area contributed by atoms with E-state index in [0.717, 1.165) is 0 Å². The molecule has 0 aliphatic carbocycles. The summed E-state index contributed by atoms with van der Waals surface area (Å²) in [7, 11) is 0. The van der Waals surface area contributed by atoms with Crippen molar-refractivity contribution in [3.8, 4) is 5.75 Å². The number of aromatic nitrogens is 1. The summed E-state index contributed by atoms with van der Waals surface area (Å²) in [6, 6.07) is 11.5. The molecule has 0 saturated carbocycles. The van der Waals surface area contributed by atoms with Gasteiger partial charge in [-0.05, 0) is 55.3 Å². The van der Waals surface area contributed by atoms with Gasteiger partial charge in [-0.3, -0.25) is 9.36 Å². The molecule has 31 heavy (non-hydrogen) atoms. The van der Waals surface area contributed by atoms with E-state index >= 15 is 0 Å². The first kappa shape index (κ1) is 20.7. The molecule has 0 spiro atoms. The second kappa shape index (κ2) is 8.31. The van der Waals surface area contributed by atoms with E-state index in [1.54, 1.807) is 44.2 Å². The Bertz CT molecular complexity index is 1370. The number of thiazole rings is 1. The van der Waals surface area contributed by atoms with E-state index < -0.39 is 17.8 Å². The van der Waals surface area contributed by atoms with Crippen LogP contribution in [0, 0.1) is 5.82 Å². The van der Waals surface area contributed by atoms with Crippen LogP contribution in [0.5, 0.6) is 5.75 Å². The number of hydrogen-bond donors (Lipinski definition) is 1. The quantitative estimate of drug-likeness (QED) is 0.635. The van der Waals surface area contributed by atoms with Crippen molar-refractivity contribution < 1.29 is 19.0 Å². The predicted octanol–water partition coefficient (Wildman–Crippen LogP) is 2.64. The van der Waals surface area contributed by atoms with Crippen LogP contribution in [0.25, 0.3) is 6.08 Å². The Morgan fingerprint density at radius 1 is 1.29 bits per heavy atom. The molecule has 4 rings (SSSR count). The van der Waals surface area contributed by atoms with Gasteiger partial charge in [0.25, 0.3) is 5.56 Å². The Hall–Kier alpha value is -3.52. The molecule has 0 bridgehead atoms. The minimum atomic E-state index is -0.759. The number of phenolic OH excluding ortho intramolecular Hbond substituents is 1. The van der Waals surface area contributed by atoms with Crippen molar-refractivity contribution in [2.24, 2.45) is 4.99 Å². The second-order valence-electron chi connectivity index (χ2n) is 6.95. The molecule has 0 saturated heterocycles. The van der Waals surface area contributed by atoms with E-state index in [-0.39, 0.29) is 23.5 Å². The number of phenols is 1. The van der Waals surface area contributed by atoms with Crippen molar-refractivity contribution in [3.05, 3.63) is 96.4 Å². The third kappa shape index (κ3) is 3.94. The molecule has 6 nitrogen and oxygen atoms in total. The number of benzene rings is 2. The van der Waals surface area contributed by atoms with Crippen LogP contribution in [-0.2, 0) is 9.53 Å². The van der Waals surface area contributed by atoms with E-state index in [2.05, 4.69) is 4.99 Å². The number of aromatic hydroxyl groups is 1. The number of esters is 1. The fourth-order valence-corrected chi connectivity index (χ4v) is 4.56. The summed E-state index contributed by atoms with van der Waals surface area (Å²) in [4.78, 5) is 31.0. The molecule has 8 heteroatoms. The van der Waals surface area contributed by atoms with E-state index in [4.69, 9.17) is 4.74 Å². The maximum absolute atomic E-state index is 13.6. The molecular formula is C23H19FN2O4S. The topological polar surface area (TPSA) is 80.9 Å². The molecule has 1 unspecified atom stereocenters. The zero-order valence-electron chi connectivity index (χ0n) is 16.8. The van der Waals surface area contributed by atoms with Gasteiger partial charge in [-0.2, -0.15) is 0 Å². The highest BCUT2D eigenvalue weighted by Gasteiger charge is 2.33. The summed E-state index contributed by atoms with van der Waals surface area (Å²) in [5, 5.41) is 9.68. The first-order valence-electron chi connectivity index (χ1n) is 9.63. The standard InChI is InChI=1S/C23H19FN2O4S/c1-3-30-22(29)19-13(2)25-23-26(20(19)15-7-9-17(27)10-8-15)21(28)18(31-23)12-14-5-4-6-16(24)11-14/h4-12,20,27H,3H2,1-2H3/b18-12-. The highest BCUT2D eigenvalue weighted by molar-refractivity contribution is 7.07. The fraction of sp³-hybridized carbons (Fsp3) is 0.174. The largest absolute Gasteiger partial charge is 0.508 e. The predicted molar refractivity (Wildman–Crippen MR) is 115 cm³/mol. The average Bonchev–Trinajstić information content (AvgIpc) is 3.02. The second-order valence-corrected chi connectivity index (χ2v) is 7.96. The number of ether oxygens (including phenoxy) is 1. The van der Waals surface area contributed by atoms with Crippen molar-refractivity contribution in [2.45, 2.75) is 19.9 Å². The lowest BCUT2D eigenvalue weighted by molar-refractivity contribution is -0.139. The lowest BCUT2D eigenvalue weighted by Gasteiger charge is -2.24. The molecule has 1 aromatic heterocycles. The first-order valence-corrected chi connectivity index (χ1v) is 10.4. The van der Waals surface area contributed by atoms with Crippen LogP contribution in [0.3, 0.4) is 0 Å². The highest BCUT2D eigenvalue weighted by atomic mass is 32.1. The minimum Gasteiger partial charge on any atom is -0.508 e. The lowest BCUT2D eigenvalue weighted by Crippen LogP contribution is -2.39. The molecule has 0 fully saturated rings. The molecule has 1 aliphatic rings. The van der Waals surface area contributed by atoms with Gasteiger partial charge >= 0.3 is 5.97 Å². The van der Waals surface area contributed by atoms with E-state index in [1.165, 1.54) is 40.2 Å². The van der Waals surface area contributed by atoms with Gasteiger partial charge in [-0.25, -0.2) is 14.2 Å². The Labute approximate surface area is 180 Å². The highest BCUT2D eigenvalue weighted by Crippen LogP contribution is 2.31. The minimum absolute atomic E-state index is 0.0700. The first-order chi connectivity index (χ1) is 14.9. The van der Waals surface area contributed by atoms with Gasteiger partial charge in [0.2, 0.25) is 0 Å². The SMILES string of the molecule is CCOC(=O)C1=C(C)N=c2s/c(=C\c3cccc(F)c3)c(=O)n2C1c1ccc(O)cc1. The van der Waals surface area contributed by atoms with Gasteiger partial charge in [0.1, 0.15) is 11.6 Å². The Morgan fingerprint density at radius 2 is 2.03 bits per heavy atom. The van der Waals surface area contributed by atoms with Gasteiger partial charge in [0, 0.05) is 0 Å². The molecular weight excluding hydrogens is 419 g/mol. The summed E-state index contributed by atoms with van der Waals surface area (Å²) in [5.74, 6) is -0.883. The van der Waals surface area contributed by atoms with Crippen LogP contribution in [-0.4, -0.2) is 22.2 Å². The van der Waals surface area contributed by atoms with Gasteiger partial charge in [-0.1, -0.05) is 35.6 Å². The van der Waals surface area contributed by atoms with Gasteiger partial charge in [0.05, 0.1) is 28.5 Å². The average molecular weight is 438 g/mol. The number of rotatable bonds is 4. The fourth-order valence-electron chi connectivity index (χ4n) is 3.51. The molecule has 2 heterocycles. The Balaban J connectivity index is 1.96. The van der Waals surface area contributed by atoms with Crippen molar-refractivity contribution in [1.82, 2.24) is 4.57 Å². The molecule has 2 aromatic carbocycles. The molecule has 3 aromatic rings. The van der Waals surface area contributed by atoms with Gasteiger partial charge in [0.15, 0.2) is 4.80 Å². The monoisotopic (exact) mass is 438 g/mol. The van der Waals surface area contributed by atoms with Crippen LogP contribution in [0.15, 0.2) is 69.6 Å². The van der Waals surface area contributed by atoms with Crippen molar-refractivity contribution in [1.29, 1.82) is 0 Å². The van der Waals surface area contributed by atoms with Crippen LogP contribution in [0.2, 0.25) is 0 Å². The lowest BCUT2D eigenvalue weighted by atomic mass is 9.96. The van der Waals surface area contributed by atoms with Gasteiger partial charge < -0.3 is 9.84 Å². The third-order valence-corrected chi connectivity index (χ3v) is 5.86. The maximum atomic E-state index is 13.6. The van der Waals surface area contributed by atoms with Crippen LogP contribution in [0.4, 0.5) is 4.39 Å². The summed E-state index contributed by atoms with van der Waals surface area (Å²) in [6.45, 7) is 3.59. The number of carbonyl (C=O) groups excluding carboxylic acids is 1. The number of carbonyl (C=O) groups is 1. The Kier molecular flexibility index (Phi) is 5.56. The molecule has 1 aliphatic heterocycles. The van der Waals surface area contributed by atoms with Gasteiger partial charge in [-0.15, -0.1) is 0 Å². The van der Waals surface area contributed by atoms with Crippen molar-refractivity contribution in [2.75, 3.05) is 6.61 Å². The number of halogens is 1. The van der Waals surface area contributed by atoms with Crippen molar-refractivity contribution >= 4 is 23.4 Å². The van der Waals surface area contributed by atoms with E-state index in [9.17, 15) is 19.1 Å². The van der Waals surface area contributed by atoms with E-state index in [0.29, 0.717) is 26.2 Å². The number of hydrogen-bond acceptors (Lipinski definition) is 6. The molecule has 0 amide bonds. The summed E-state index contributed by atoms with van der Waals surface area (Å²) < 4.78 is 20.6. The zero-order valence-corrected chi connectivity index (χ0v) is 17.6. The summed E-state index contributed by atoms with van der Waals surface area (Å²) >= 11 is 1.17. The number of fused-ring (bicyclic) bond motifs is 1. The molecule has 158 valence electrons. The molecule has 1 atom stereocenters. The summed E-state index contributed by atoms with van der Waals surface area (Å²) in [5.41, 5.74) is 1.55. The van der Waals surface area contributed by atoms with Crippen LogP contribution in [0.1, 0.15) is 31.0 Å². The Morgan fingerprint density at radius 3 is 2.71 bits per heavy atom. The normalized spacial score (nSPS) is 16.1. The smallest absolute Gasteiger partial charge is 0.338 e. The van der Waals surface area contributed by atoms with Crippen LogP contribution < -0.4 is 14.9 Å². The zero-order chi connectivity index (χ0) is 22.1. The number of nitrogens with zero attached hydrogens (tertiary/aromatic N) is 2. The molecule has 1 N–H and O–H groups in total. The maximum Gasteiger partial charge on any atom is 0.338 e. The number of allylic oxidation sites excluding steroid dienone is 1. The third-order valence-electron chi connectivity index (χ3n) is 4.87. The van der Waals surface area contributed by atoms with Crippen molar-refractivity contribution in [3.63, 3.8) is 0 Å². The van der Waals surface area contributed by atoms with E-state index in [1.807, 2.05) is 0 Å². The summed E-state index contributed by atoms with van der Waals surface area (Å²) in [6.07, 6.45) is 1.60. The van der Waals surface area contributed by atoms with Crippen LogP contribution >= 0.6 is 11.3 Å². The molecule has 0 radical (unpaired) electrons.